The summed E-state index contributed by atoms with van der Waals surface area (Å²) in [6.07, 6.45) is 4.09. The first-order chi connectivity index (χ1) is 11.0. The van der Waals surface area contributed by atoms with E-state index in [9.17, 15) is 14.4 Å². The van der Waals surface area contributed by atoms with Crippen molar-refractivity contribution in [1.82, 2.24) is 19.8 Å². The van der Waals surface area contributed by atoms with Crippen LogP contribution in [0.1, 0.15) is 23.2 Å². The van der Waals surface area contributed by atoms with Gasteiger partial charge >= 0.3 is 0 Å². The summed E-state index contributed by atoms with van der Waals surface area (Å²) < 4.78 is 2.70. The molecule has 8 heteroatoms. The zero-order chi connectivity index (χ0) is 16.2. The van der Waals surface area contributed by atoms with Crippen molar-refractivity contribution in [2.24, 2.45) is 5.41 Å². The molecule has 0 aromatic carbocycles. The minimum Gasteiger partial charge on any atom is -0.337 e. The topological polar surface area (TPSA) is 83.8 Å². The van der Waals surface area contributed by atoms with Crippen LogP contribution < -0.4 is 5.32 Å². The second-order valence-electron chi connectivity index (χ2n) is 6.05. The van der Waals surface area contributed by atoms with E-state index in [0.717, 1.165) is 9.09 Å². The Labute approximate surface area is 145 Å². The van der Waals surface area contributed by atoms with Crippen molar-refractivity contribution in [3.63, 3.8) is 0 Å². The van der Waals surface area contributed by atoms with E-state index in [1.807, 2.05) is 18.3 Å². The van der Waals surface area contributed by atoms with E-state index in [4.69, 9.17) is 0 Å². The molecule has 2 aromatic rings. The first-order valence-corrected chi connectivity index (χ1v) is 8.33. The van der Waals surface area contributed by atoms with E-state index in [2.05, 4.69) is 33.0 Å². The van der Waals surface area contributed by atoms with Gasteiger partial charge in [0, 0.05) is 29.3 Å². The molecule has 2 aromatic heterocycles. The molecule has 4 rings (SSSR count). The van der Waals surface area contributed by atoms with Crippen LogP contribution in [0, 0.1) is 8.99 Å². The number of nitrogens with one attached hydrogen (secondary N) is 1. The lowest BCUT2D eigenvalue weighted by molar-refractivity contribution is -0.128. The molecule has 1 atom stereocenters. The smallest absolute Gasteiger partial charge is 0.257 e. The summed E-state index contributed by atoms with van der Waals surface area (Å²) >= 11 is 2.19. The van der Waals surface area contributed by atoms with Crippen LogP contribution in [0.4, 0.5) is 0 Å². The molecule has 0 radical (unpaired) electrons. The highest BCUT2D eigenvalue weighted by molar-refractivity contribution is 14.1. The third-order valence-electron chi connectivity index (χ3n) is 4.59. The molecule has 2 saturated heterocycles. The van der Waals surface area contributed by atoms with Crippen LogP contribution in [0.5, 0.6) is 0 Å². The Morgan fingerprint density at radius 1 is 1.35 bits per heavy atom. The summed E-state index contributed by atoms with van der Waals surface area (Å²) in [5, 5.41) is 6.57. The molecule has 2 aliphatic rings. The van der Waals surface area contributed by atoms with Crippen molar-refractivity contribution in [2.45, 2.75) is 12.8 Å². The van der Waals surface area contributed by atoms with E-state index >= 15 is 0 Å². The van der Waals surface area contributed by atoms with Crippen molar-refractivity contribution in [1.29, 1.82) is 0 Å². The monoisotopic (exact) mass is 424 g/mol. The average molecular weight is 424 g/mol. The minimum absolute atomic E-state index is 0.148. The van der Waals surface area contributed by atoms with Gasteiger partial charge in [-0.3, -0.25) is 19.7 Å². The second-order valence-corrected chi connectivity index (χ2v) is 7.29. The molecule has 0 aliphatic carbocycles. The van der Waals surface area contributed by atoms with Gasteiger partial charge in [0.1, 0.15) is 0 Å². The van der Waals surface area contributed by atoms with Crippen LogP contribution in [0.2, 0.25) is 0 Å². The highest BCUT2D eigenvalue weighted by Gasteiger charge is 2.51. The van der Waals surface area contributed by atoms with Crippen LogP contribution in [-0.4, -0.2) is 45.3 Å². The number of pyridine rings is 1. The fourth-order valence-electron chi connectivity index (χ4n) is 3.36. The van der Waals surface area contributed by atoms with Gasteiger partial charge in [0.2, 0.25) is 11.8 Å². The lowest BCUT2D eigenvalue weighted by atomic mass is 9.85. The molecule has 23 heavy (non-hydrogen) atoms. The Balaban J connectivity index is 1.62. The van der Waals surface area contributed by atoms with Gasteiger partial charge < -0.3 is 4.90 Å². The number of rotatable bonds is 1. The first-order valence-electron chi connectivity index (χ1n) is 7.25. The summed E-state index contributed by atoms with van der Waals surface area (Å²) in [5.74, 6) is -0.660. The summed E-state index contributed by atoms with van der Waals surface area (Å²) in [6.45, 7) is 0.756. The zero-order valence-corrected chi connectivity index (χ0v) is 14.2. The zero-order valence-electron chi connectivity index (χ0n) is 12.1. The fraction of sp³-hybridized carbons (Fsp3) is 0.333. The molecule has 4 heterocycles. The maximum Gasteiger partial charge on any atom is 0.257 e. The van der Waals surface area contributed by atoms with Gasteiger partial charge in [-0.1, -0.05) is 0 Å². The fourth-order valence-corrected chi connectivity index (χ4v) is 3.80. The van der Waals surface area contributed by atoms with Gasteiger partial charge in [-0.05, 0) is 41.1 Å². The molecular formula is C15H13IN4O3. The molecule has 2 fully saturated rings. The second kappa shape index (κ2) is 5.02. The van der Waals surface area contributed by atoms with Crippen molar-refractivity contribution in [2.75, 3.05) is 13.1 Å². The maximum atomic E-state index is 12.8. The lowest BCUT2D eigenvalue weighted by Crippen LogP contribution is -2.36. The van der Waals surface area contributed by atoms with Crippen molar-refractivity contribution in [3.05, 3.63) is 33.7 Å². The molecule has 118 valence electrons. The highest BCUT2D eigenvalue weighted by atomic mass is 127. The van der Waals surface area contributed by atoms with E-state index in [0.29, 0.717) is 18.5 Å². The van der Waals surface area contributed by atoms with E-state index in [-0.39, 0.29) is 30.7 Å². The average Bonchev–Trinajstić information content (AvgIpc) is 3.17. The minimum atomic E-state index is -0.745. The van der Waals surface area contributed by atoms with Gasteiger partial charge in [-0.15, -0.1) is 0 Å². The summed E-state index contributed by atoms with van der Waals surface area (Å²) in [4.78, 5) is 37.9. The van der Waals surface area contributed by atoms with Crippen molar-refractivity contribution >= 4 is 45.8 Å². The number of halogens is 1. The standard InChI is InChI=1S/C15H13IN4O3/c16-9-1-2-11-10(6-17-20(11)7-9)13(22)19-4-3-15(8-19)5-12(21)18-14(15)23/h1-2,6-7H,3-5,8H2,(H,18,21,23). The van der Waals surface area contributed by atoms with Crippen molar-refractivity contribution < 1.29 is 14.4 Å². The van der Waals surface area contributed by atoms with Crippen LogP contribution in [0.25, 0.3) is 5.52 Å². The Bertz CT molecular complexity index is 862. The number of likely N-dealkylation sites (tertiary alicyclic amines) is 1. The van der Waals surface area contributed by atoms with Crippen LogP contribution in [0.15, 0.2) is 24.5 Å². The van der Waals surface area contributed by atoms with Crippen molar-refractivity contribution in [3.8, 4) is 0 Å². The maximum absolute atomic E-state index is 12.8. The lowest BCUT2D eigenvalue weighted by Gasteiger charge is -2.20. The SMILES string of the molecule is O=C1CC2(CCN(C(=O)c3cnn4cc(I)ccc34)C2)C(=O)N1. The highest BCUT2D eigenvalue weighted by Crippen LogP contribution is 2.38. The molecule has 1 spiro atoms. The number of amides is 3. The molecule has 2 aliphatic heterocycles. The van der Waals surface area contributed by atoms with Gasteiger partial charge in [0.05, 0.1) is 22.7 Å². The molecule has 0 bridgehead atoms. The van der Waals surface area contributed by atoms with E-state index in [1.165, 1.54) is 0 Å². The predicted octanol–water partition coefficient (Wildman–Crippen LogP) is 0.818. The van der Waals surface area contributed by atoms with Gasteiger partial charge in [0.25, 0.3) is 5.91 Å². The summed E-state index contributed by atoms with van der Waals surface area (Å²) in [7, 11) is 0. The van der Waals surface area contributed by atoms with E-state index in [1.54, 1.807) is 15.6 Å². The van der Waals surface area contributed by atoms with Gasteiger partial charge in [0.15, 0.2) is 0 Å². The normalized spacial score (nSPS) is 24.0. The molecule has 3 amide bonds. The number of imide groups is 1. The number of aromatic nitrogens is 2. The van der Waals surface area contributed by atoms with Gasteiger partial charge in [-0.25, -0.2) is 4.52 Å². The number of carbonyl (C=O) groups excluding carboxylic acids is 3. The Morgan fingerprint density at radius 2 is 2.17 bits per heavy atom. The molecule has 7 nitrogen and oxygen atoms in total. The Hall–Kier alpha value is -1.97. The van der Waals surface area contributed by atoms with Gasteiger partial charge in [-0.2, -0.15) is 5.10 Å². The Kier molecular flexibility index (Phi) is 3.19. The van der Waals surface area contributed by atoms with Crippen LogP contribution in [0.3, 0.4) is 0 Å². The molecular weight excluding hydrogens is 411 g/mol. The van der Waals surface area contributed by atoms with Crippen LogP contribution >= 0.6 is 22.6 Å². The Morgan fingerprint density at radius 3 is 2.91 bits per heavy atom. The first kappa shape index (κ1) is 14.6. The quantitative estimate of drug-likeness (QED) is 0.543. The summed E-state index contributed by atoms with van der Waals surface area (Å²) in [6, 6.07) is 3.78. The summed E-state index contributed by atoms with van der Waals surface area (Å²) in [5.41, 5.74) is 0.511. The molecule has 0 saturated carbocycles. The predicted molar refractivity (Wildman–Crippen MR) is 88.6 cm³/mol. The third kappa shape index (κ3) is 2.23. The largest absolute Gasteiger partial charge is 0.337 e. The van der Waals surface area contributed by atoms with E-state index < -0.39 is 5.41 Å². The number of hydrogen-bond donors (Lipinski definition) is 1. The molecule has 1 N–H and O–H groups in total. The number of carbonyl (C=O) groups is 3. The number of fused-ring (bicyclic) bond motifs is 1. The van der Waals surface area contributed by atoms with Crippen LogP contribution in [-0.2, 0) is 9.59 Å². The number of hydrogen-bond acceptors (Lipinski definition) is 4. The number of nitrogens with zero attached hydrogens (tertiary/aromatic N) is 3. The molecule has 1 unspecified atom stereocenters. The third-order valence-corrected chi connectivity index (χ3v) is 5.22.